The molecule has 0 spiro atoms. The van der Waals surface area contributed by atoms with E-state index in [1.807, 2.05) is 0 Å². The molecule has 2 aromatic heterocycles. The third-order valence-electron chi connectivity index (χ3n) is 3.30. The van der Waals surface area contributed by atoms with Gasteiger partial charge < -0.3 is 4.52 Å². The van der Waals surface area contributed by atoms with Crippen LogP contribution in [0.4, 0.5) is 0 Å². The van der Waals surface area contributed by atoms with Gasteiger partial charge in [0.05, 0.1) is 11.3 Å². The van der Waals surface area contributed by atoms with Gasteiger partial charge in [-0.05, 0) is 24.3 Å². The number of carbonyl (C=O) groups is 1. The number of hydrogen-bond donors (Lipinski definition) is 0. The molecular weight excluding hydrogens is 330 g/mol. The van der Waals surface area contributed by atoms with Crippen LogP contribution < -0.4 is 0 Å². The van der Waals surface area contributed by atoms with Gasteiger partial charge in [0, 0.05) is 29.8 Å². The number of nitrogens with zero attached hydrogens (tertiary/aromatic N) is 3. The summed E-state index contributed by atoms with van der Waals surface area (Å²) < 4.78 is 28.3. The molecule has 0 aliphatic rings. The third kappa shape index (κ3) is 3.54. The Morgan fingerprint density at radius 3 is 2.62 bits per heavy atom. The quantitative estimate of drug-likeness (QED) is 0.652. The summed E-state index contributed by atoms with van der Waals surface area (Å²) in [5.41, 5.74) is 1.01. The van der Waals surface area contributed by atoms with E-state index >= 15 is 0 Å². The molecule has 7 nitrogen and oxygen atoms in total. The maximum absolute atomic E-state index is 12.1. The van der Waals surface area contributed by atoms with Gasteiger partial charge in [-0.2, -0.15) is 4.98 Å². The topological polar surface area (TPSA) is 103 Å². The van der Waals surface area contributed by atoms with Crippen molar-refractivity contribution in [2.45, 2.75) is 11.3 Å². The maximum atomic E-state index is 12.1. The van der Waals surface area contributed by atoms with Crippen molar-refractivity contribution >= 4 is 15.6 Å². The zero-order valence-electron chi connectivity index (χ0n) is 12.7. The van der Waals surface area contributed by atoms with E-state index in [2.05, 4.69) is 15.1 Å². The molecule has 0 aliphatic heterocycles. The van der Waals surface area contributed by atoms with Crippen molar-refractivity contribution in [3.05, 3.63) is 60.2 Å². The Morgan fingerprint density at radius 1 is 1.17 bits per heavy atom. The second-order valence-corrected chi connectivity index (χ2v) is 7.16. The number of benzene rings is 1. The summed E-state index contributed by atoms with van der Waals surface area (Å²) in [6, 6.07) is 9.45. The van der Waals surface area contributed by atoms with E-state index in [4.69, 9.17) is 4.52 Å². The number of hydrogen-bond acceptors (Lipinski definition) is 7. The standard InChI is InChI=1S/C16H13N3O4S/c1-24(21,22)13-4-2-3-12(9-13)16-18-15(23-19-16)10-14(20)11-5-7-17-8-6-11/h2-9H,10H2,1H3. The lowest BCUT2D eigenvalue weighted by Crippen LogP contribution is -2.03. The minimum absolute atomic E-state index is 0.0389. The molecule has 122 valence electrons. The smallest absolute Gasteiger partial charge is 0.234 e. The highest BCUT2D eigenvalue weighted by molar-refractivity contribution is 7.90. The van der Waals surface area contributed by atoms with Crippen LogP contribution in [0.15, 0.2) is 58.2 Å². The molecule has 0 fully saturated rings. The van der Waals surface area contributed by atoms with Crippen LogP contribution >= 0.6 is 0 Å². The summed E-state index contributed by atoms with van der Waals surface area (Å²) in [7, 11) is -3.33. The number of pyridine rings is 1. The van der Waals surface area contributed by atoms with E-state index in [0.29, 0.717) is 11.1 Å². The molecule has 0 amide bonds. The van der Waals surface area contributed by atoms with Gasteiger partial charge in [0.15, 0.2) is 15.6 Å². The zero-order chi connectivity index (χ0) is 17.2. The SMILES string of the molecule is CS(=O)(=O)c1cccc(-c2noc(CC(=O)c3ccncc3)n2)c1. The molecule has 0 aliphatic carbocycles. The summed E-state index contributed by atoms with van der Waals surface area (Å²) in [5, 5.41) is 3.81. The molecule has 2 heterocycles. The molecule has 0 atom stereocenters. The van der Waals surface area contributed by atoms with Gasteiger partial charge in [-0.1, -0.05) is 17.3 Å². The summed E-state index contributed by atoms with van der Waals surface area (Å²) in [6.45, 7) is 0. The first-order chi connectivity index (χ1) is 11.4. The number of ketones is 1. The molecule has 3 rings (SSSR count). The van der Waals surface area contributed by atoms with Crippen LogP contribution in [0.3, 0.4) is 0 Å². The highest BCUT2D eigenvalue weighted by Gasteiger charge is 2.15. The van der Waals surface area contributed by atoms with Gasteiger partial charge in [-0.25, -0.2) is 8.42 Å². The van der Waals surface area contributed by atoms with Crippen LogP contribution in [0.2, 0.25) is 0 Å². The molecule has 0 radical (unpaired) electrons. The third-order valence-corrected chi connectivity index (χ3v) is 4.41. The predicted octanol–water partition coefficient (Wildman–Crippen LogP) is 1.96. The predicted molar refractivity (Wildman–Crippen MR) is 85.1 cm³/mol. The summed E-state index contributed by atoms with van der Waals surface area (Å²) >= 11 is 0. The van der Waals surface area contributed by atoms with E-state index < -0.39 is 9.84 Å². The fourth-order valence-electron chi connectivity index (χ4n) is 2.09. The van der Waals surface area contributed by atoms with Crippen LogP contribution in [0, 0.1) is 0 Å². The minimum atomic E-state index is -3.33. The van der Waals surface area contributed by atoms with Crippen molar-refractivity contribution in [3.63, 3.8) is 0 Å². The average molecular weight is 343 g/mol. The summed E-state index contributed by atoms with van der Waals surface area (Å²) in [4.78, 5) is 20.3. The van der Waals surface area contributed by atoms with E-state index in [1.165, 1.54) is 24.5 Å². The van der Waals surface area contributed by atoms with Gasteiger partial charge in [-0.15, -0.1) is 0 Å². The molecule has 24 heavy (non-hydrogen) atoms. The lowest BCUT2D eigenvalue weighted by molar-refractivity contribution is 0.0983. The van der Waals surface area contributed by atoms with Crippen LogP contribution in [0.5, 0.6) is 0 Å². The van der Waals surface area contributed by atoms with Crippen LogP contribution in [-0.2, 0) is 16.3 Å². The first kappa shape index (κ1) is 16.0. The largest absolute Gasteiger partial charge is 0.338 e. The van der Waals surface area contributed by atoms with Gasteiger partial charge in [0.1, 0.15) is 0 Å². The molecular formula is C16H13N3O4S. The molecule has 3 aromatic rings. The van der Waals surface area contributed by atoms with Gasteiger partial charge in [0.25, 0.3) is 0 Å². The lowest BCUT2D eigenvalue weighted by Gasteiger charge is -1.99. The van der Waals surface area contributed by atoms with Crippen LogP contribution in [0.1, 0.15) is 16.2 Å². The highest BCUT2D eigenvalue weighted by Crippen LogP contribution is 2.20. The first-order valence-corrected chi connectivity index (χ1v) is 8.89. The van der Waals surface area contributed by atoms with Crippen molar-refractivity contribution in [1.29, 1.82) is 0 Å². The molecule has 0 N–H and O–H groups in total. The van der Waals surface area contributed by atoms with Crippen LogP contribution in [0.25, 0.3) is 11.4 Å². The minimum Gasteiger partial charge on any atom is -0.338 e. The Kier molecular flexibility index (Phi) is 4.22. The number of rotatable bonds is 5. The second kappa shape index (κ2) is 6.32. The lowest BCUT2D eigenvalue weighted by atomic mass is 10.1. The van der Waals surface area contributed by atoms with Gasteiger partial charge in [-0.3, -0.25) is 9.78 Å². The van der Waals surface area contributed by atoms with E-state index in [-0.39, 0.29) is 28.8 Å². The zero-order valence-corrected chi connectivity index (χ0v) is 13.5. The summed E-state index contributed by atoms with van der Waals surface area (Å²) in [5.74, 6) is 0.229. The maximum Gasteiger partial charge on any atom is 0.234 e. The fourth-order valence-corrected chi connectivity index (χ4v) is 2.75. The number of carbonyl (C=O) groups excluding carboxylic acids is 1. The highest BCUT2D eigenvalue weighted by atomic mass is 32.2. The molecule has 0 bridgehead atoms. The second-order valence-electron chi connectivity index (χ2n) is 5.15. The Hall–Kier alpha value is -2.87. The number of Topliss-reactive ketones (excluding diaryl/α,β-unsaturated/α-hetero) is 1. The van der Waals surface area contributed by atoms with Crippen molar-refractivity contribution in [2.24, 2.45) is 0 Å². The van der Waals surface area contributed by atoms with Crippen molar-refractivity contribution in [1.82, 2.24) is 15.1 Å². The Bertz CT molecular complexity index is 981. The van der Waals surface area contributed by atoms with Gasteiger partial charge >= 0.3 is 0 Å². The Balaban J connectivity index is 1.83. The monoisotopic (exact) mass is 343 g/mol. The van der Waals surface area contributed by atoms with Crippen molar-refractivity contribution < 1.29 is 17.7 Å². The average Bonchev–Trinajstić information content (AvgIpc) is 3.03. The summed E-state index contributed by atoms with van der Waals surface area (Å²) in [6.07, 6.45) is 4.15. The fraction of sp³-hybridized carbons (Fsp3) is 0.125. The Labute approximate surface area is 138 Å². The molecule has 8 heteroatoms. The molecule has 0 unspecified atom stereocenters. The van der Waals surface area contributed by atoms with Crippen LogP contribution in [-0.4, -0.2) is 35.6 Å². The van der Waals surface area contributed by atoms with Crippen molar-refractivity contribution in [2.75, 3.05) is 6.26 Å². The Morgan fingerprint density at radius 2 is 1.92 bits per heavy atom. The van der Waals surface area contributed by atoms with Gasteiger partial charge in [0.2, 0.25) is 11.7 Å². The molecule has 0 saturated carbocycles. The van der Waals surface area contributed by atoms with Crippen molar-refractivity contribution in [3.8, 4) is 11.4 Å². The number of aromatic nitrogens is 3. The first-order valence-electron chi connectivity index (χ1n) is 7.00. The number of sulfone groups is 1. The molecule has 0 saturated heterocycles. The van der Waals surface area contributed by atoms with E-state index in [9.17, 15) is 13.2 Å². The van der Waals surface area contributed by atoms with E-state index in [0.717, 1.165) is 6.26 Å². The van der Waals surface area contributed by atoms with E-state index in [1.54, 1.807) is 24.3 Å². The normalized spacial score (nSPS) is 11.4. The molecule has 1 aromatic carbocycles.